The molecule has 2 fully saturated rings. The first-order valence-electron chi connectivity index (χ1n) is 7.78. The molecule has 2 aliphatic carbocycles. The van der Waals surface area contributed by atoms with Crippen molar-refractivity contribution in [2.45, 2.75) is 44.6 Å². The van der Waals surface area contributed by atoms with Gasteiger partial charge in [0.05, 0.1) is 5.41 Å². The number of amides is 1. The molecule has 116 valence electrons. The van der Waals surface area contributed by atoms with Crippen molar-refractivity contribution in [2.24, 2.45) is 17.1 Å². The van der Waals surface area contributed by atoms with Gasteiger partial charge < -0.3 is 11.1 Å². The molecule has 1 amide bonds. The van der Waals surface area contributed by atoms with Gasteiger partial charge in [0.2, 0.25) is 5.91 Å². The first-order valence-corrected chi connectivity index (χ1v) is 7.78. The van der Waals surface area contributed by atoms with Gasteiger partial charge in [-0.1, -0.05) is 36.8 Å². The molecule has 2 saturated carbocycles. The summed E-state index contributed by atoms with van der Waals surface area (Å²) in [5, 5.41) is 3.23. The van der Waals surface area contributed by atoms with Crippen LogP contribution in [0.5, 0.6) is 0 Å². The van der Waals surface area contributed by atoms with Crippen LogP contribution < -0.4 is 11.1 Å². The summed E-state index contributed by atoms with van der Waals surface area (Å²) in [4.78, 5) is 12.7. The van der Waals surface area contributed by atoms with E-state index in [2.05, 4.69) is 17.4 Å². The van der Waals surface area contributed by atoms with Crippen LogP contribution in [0.15, 0.2) is 30.3 Å². The van der Waals surface area contributed by atoms with E-state index < -0.39 is 0 Å². The third kappa shape index (κ3) is 3.58. The second-order valence-corrected chi connectivity index (χ2v) is 6.45. The smallest absolute Gasteiger partial charge is 0.226 e. The molecule has 2 aliphatic rings. The highest BCUT2D eigenvalue weighted by atomic mass is 35.5. The Bertz CT molecular complexity index is 469. The van der Waals surface area contributed by atoms with Crippen molar-refractivity contribution < 1.29 is 4.79 Å². The van der Waals surface area contributed by atoms with Crippen LogP contribution in [0, 0.1) is 11.3 Å². The van der Waals surface area contributed by atoms with E-state index >= 15 is 0 Å². The molecule has 0 aliphatic heterocycles. The van der Waals surface area contributed by atoms with Crippen LogP contribution >= 0.6 is 12.4 Å². The van der Waals surface area contributed by atoms with E-state index in [0.29, 0.717) is 12.5 Å². The number of hydrogen-bond acceptors (Lipinski definition) is 2. The van der Waals surface area contributed by atoms with Gasteiger partial charge in [-0.05, 0) is 43.6 Å². The Morgan fingerprint density at radius 1 is 1.29 bits per heavy atom. The topological polar surface area (TPSA) is 55.1 Å². The van der Waals surface area contributed by atoms with Gasteiger partial charge in [0.15, 0.2) is 0 Å². The van der Waals surface area contributed by atoms with Gasteiger partial charge in [-0.15, -0.1) is 12.4 Å². The summed E-state index contributed by atoms with van der Waals surface area (Å²) in [5.74, 6) is 0.854. The van der Waals surface area contributed by atoms with E-state index in [1.807, 2.05) is 18.2 Å². The minimum atomic E-state index is -0.177. The van der Waals surface area contributed by atoms with Gasteiger partial charge in [0.25, 0.3) is 0 Å². The summed E-state index contributed by atoms with van der Waals surface area (Å²) < 4.78 is 0. The van der Waals surface area contributed by atoms with Crippen LogP contribution in [0.3, 0.4) is 0 Å². The zero-order chi connectivity index (χ0) is 14.0. The van der Waals surface area contributed by atoms with Crippen molar-refractivity contribution in [1.82, 2.24) is 5.32 Å². The average Bonchev–Trinajstić information content (AvgIpc) is 3.25. The molecule has 3 nitrogen and oxygen atoms in total. The first kappa shape index (κ1) is 16.3. The minimum absolute atomic E-state index is 0. The largest absolute Gasteiger partial charge is 0.351 e. The maximum Gasteiger partial charge on any atom is 0.226 e. The molecule has 1 aromatic carbocycles. The molecule has 0 saturated heterocycles. The Labute approximate surface area is 133 Å². The molecule has 0 spiro atoms. The third-order valence-corrected chi connectivity index (χ3v) is 4.94. The Hall–Kier alpha value is -1.06. The standard InChI is InChI=1S/C17H24N2O.ClH/c18-12-15(14-7-8-14)19-16(20)17(9-4-10-17)11-13-5-2-1-3-6-13;/h1-3,5-6,14-15H,4,7-12,18H2,(H,19,20);1H. The lowest BCUT2D eigenvalue weighted by molar-refractivity contribution is -0.136. The van der Waals surface area contributed by atoms with E-state index in [-0.39, 0.29) is 29.8 Å². The molecule has 3 N–H and O–H groups in total. The fraction of sp³-hybridized carbons (Fsp3) is 0.588. The number of carbonyl (C=O) groups excluding carboxylic acids is 1. The van der Waals surface area contributed by atoms with Crippen molar-refractivity contribution >= 4 is 18.3 Å². The molecular formula is C17H25ClN2O. The predicted octanol–water partition coefficient (Wildman–Crippen LogP) is 2.67. The maximum absolute atomic E-state index is 12.7. The molecule has 4 heteroatoms. The molecule has 1 atom stereocenters. The highest BCUT2D eigenvalue weighted by Crippen LogP contribution is 2.44. The molecular weight excluding hydrogens is 284 g/mol. The molecule has 0 heterocycles. The number of hydrogen-bond donors (Lipinski definition) is 2. The Balaban J connectivity index is 0.00000161. The summed E-state index contributed by atoms with van der Waals surface area (Å²) in [6.07, 6.45) is 6.48. The van der Waals surface area contributed by atoms with Crippen molar-refractivity contribution in [3.8, 4) is 0 Å². The monoisotopic (exact) mass is 308 g/mol. The van der Waals surface area contributed by atoms with Crippen molar-refractivity contribution in [3.05, 3.63) is 35.9 Å². The Morgan fingerprint density at radius 3 is 2.43 bits per heavy atom. The second-order valence-electron chi connectivity index (χ2n) is 6.45. The number of benzene rings is 1. The molecule has 0 aromatic heterocycles. The summed E-state index contributed by atoms with van der Waals surface area (Å²) in [7, 11) is 0. The number of carbonyl (C=O) groups is 1. The van der Waals surface area contributed by atoms with Crippen LogP contribution in [0.1, 0.15) is 37.7 Å². The lowest BCUT2D eigenvalue weighted by atomic mass is 9.64. The van der Waals surface area contributed by atoms with Crippen molar-refractivity contribution in [1.29, 1.82) is 0 Å². The van der Waals surface area contributed by atoms with Crippen molar-refractivity contribution in [3.63, 3.8) is 0 Å². The number of nitrogens with one attached hydrogen (secondary N) is 1. The normalized spacial score (nSPS) is 20.8. The molecule has 0 bridgehead atoms. The fourth-order valence-electron chi connectivity index (χ4n) is 3.26. The maximum atomic E-state index is 12.7. The Kier molecular flexibility index (Phi) is 5.28. The predicted molar refractivity (Wildman–Crippen MR) is 87.4 cm³/mol. The zero-order valence-electron chi connectivity index (χ0n) is 12.4. The summed E-state index contributed by atoms with van der Waals surface area (Å²) >= 11 is 0. The van der Waals surface area contributed by atoms with Crippen LogP contribution in [-0.4, -0.2) is 18.5 Å². The number of rotatable bonds is 6. The van der Waals surface area contributed by atoms with Gasteiger partial charge in [-0.2, -0.15) is 0 Å². The quantitative estimate of drug-likeness (QED) is 0.849. The summed E-state index contributed by atoms with van der Waals surface area (Å²) in [6.45, 7) is 0.567. The van der Waals surface area contributed by atoms with Gasteiger partial charge >= 0.3 is 0 Å². The lowest BCUT2D eigenvalue weighted by Crippen LogP contribution is -2.52. The van der Waals surface area contributed by atoms with Gasteiger partial charge in [-0.25, -0.2) is 0 Å². The molecule has 1 aromatic rings. The Morgan fingerprint density at radius 2 is 1.95 bits per heavy atom. The minimum Gasteiger partial charge on any atom is -0.351 e. The highest BCUT2D eigenvalue weighted by molar-refractivity contribution is 5.85. The third-order valence-electron chi connectivity index (χ3n) is 4.94. The SMILES string of the molecule is Cl.NCC(NC(=O)C1(Cc2ccccc2)CCC1)C1CC1. The van der Waals surface area contributed by atoms with E-state index in [1.54, 1.807) is 0 Å². The van der Waals surface area contributed by atoms with E-state index in [1.165, 1.54) is 18.4 Å². The molecule has 21 heavy (non-hydrogen) atoms. The lowest BCUT2D eigenvalue weighted by Gasteiger charge is -2.41. The molecule has 1 unspecified atom stereocenters. The van der Waals surface area contributed by atoms with E-state index in [0.717, 1.165) is 25.7 Å². The van der Waals surface area contributed by atoms with Crippen LogP contribution in [0.2, 0.25) is 0 Å². The van der Waals surface area contributed by atoms with E-state index in [4.69, 9.17) is 5.73 Å². The van der Waals surface area contributed by atoms with Crippen molar-refractivity contribution in [2.75, 3.05) is 6.54 Å². The number of halogens is 1. The number of nitrogens with two attached hydrogens (primary N) is 1. The van der Waals surface area contributed by atoms with Crippen LogP contribution in [-0.2, 0) is 11.2 Å². The van der Waals surface area contributed by atoms with Gasteiger partial charge in [0.1, 0.15) is 0 Å². The molecule has 3 rings (SSSR count). The van der Waals surface area contributed by atoms with Crippen LogP contribution in [0.4, 0.5) is 0 Å². The average molecular weight is 309 g/mol. The first-order chi connectivity index (χ1) is 9.73. The van der Waals surface area contributed by atoms with Gasteiger partial charge in [0, 0.05) is 12.6 Å². The second kappa shape index (κ2) is 6.80. The summed E-state index contributed by atoms with van der Waals surface area (Å²) in [5.41, 5.74) is 6.89. The summed E-state index contributed by atoms with van der Waals surface area (Å²) in [6, 6.07) is 10.5. The fourth-order valence-corrected chi connectivity index (χ4v) is 3.26. The molecule has 0 radical (unpaired) electrons. The van der Waals surface area contributed by atoms with Gasteiger partial charge in [-0.3, -0.25) is 4.79 Å². The van der Waals surface area contributed by atoms with Crippen LogP contribution in [0.25, 0.3) is 0 Å². The highest BCUT2D eigenvalue weighted by Gasteiger charge is 2.45. The van der Waals surface area contributed by atoms with E-state index in [9.17, 15) is 4.79 Å². The zero-order valence-corrected chi connectivity index (χ0v) is 13.2.